The van der Waals surface area contributed by atoms with Crippen LogP contribution < -0.4 is 21.7 Å². The Labute approximate surface area is 200 Å². The number of thiol groups is 1. The quantitative estimate of drug-likeness (QED) is 0.130. The minimum Gasteiger partial charge on any atom is -0.508 e. The predicted molar refractivity (Wildman–Crippen MR) is 121 cm³/mol. The van der Waals surface area contributed by atoms with Crippen molar-refractivity contribution in [3.05, 3.63) is 29.8 Å². The lowest BCUT2D eigenvalue weighted by molar-refractivity contribution is -0.144. The third-order valence-electron chi connectivity index (χ3n) is 4.60. The van der Waals surface area contributed by atoms with Gasteiger partial charge in [-0.3, -0.25) is 19.2 Å². The third kappa shape index (κ3) is 9.25. The molecule has 0 aliphatic carbocycles. The largest absolute Gasteiger partial charge is 0.508 e. The van der Waals surface area contributed by atoms with Crippen molar-refractivity contribution < 1.29 is 44.4 Å². The van der Waals surface area contributed by atoms with E-state index in [1.54, 1.807) is 0 Å². The summed E-state index contributed by atoms with van der Waals surface area (Å²) < 4.78 is 0. The van der Waals surface area contributed by atoms with Gasteiger partial charge in [-0.1, -0.05) is 12.1 Å². The number of aromatic hydroxyl groups is 1. The Bertz CT molecular complexity index is 895. The van der Waals surface area contributed by atoms with E-state index in [0.717, 1.165) is 6.92 Å². The van der Waals surface area contributed by atoms with Gasteiger partial charge in [0.15, 0.2) is 0 Å². The number of carboxylic acid groups (broad SMARTS) is 2. The van der Waals surface area contributed by atoms with Gasteiger partial charge in [0, 0.05) is 12.2 Å². The fraction of sp³-hybridized carbons (Fsp3) is 0.450. The first-order valence-electron chi connectivity index (χ1n) is 10.0. The molecule has 5 atom stereocenters. The molecule has 0 saturated heterocycles. The molecule has 0 aromatic heterocycles. The molecule has 1 aromatic rings. The Hall–Kier alpha value is -3.36. The van der Waals surface area contributed by atoms with Gasteiger partial charge in [-0.2, -0.15) is 12.6 Å². The highest BCUT2D eigenvalue weighted by molar-refractivity contribution is 7.80. The summed E-state index contributed by atoms with van der Waals surface area (Å²) in [6.07, 6.45) is -2.52. The van der Waals surface area contributed by atoms with Crippen LogP contribution in [0.5, 0.6) is 5.75 Å². The fourth-order valence-corrected chi connectivity index (χ4v) is 2.90. The summed E-state index contributed by atoms with van der Waals surface area (Å²) in [5.74, 6) is -5.95. The SMILES string of the molecule is CC(O)C(NC(=O)C(CC(=O)O)NC(=O)C(N)CS)C(=O)NC(Cc1ccc(O)cc1)C(=O)O. The van der Waals surface area contributed by atoms with Crippen molar-refractivity contribution in [1.29, 1.82) is 0 Å². The first-order valence-corrected chi connectivity index (χ1v) is 10.7. The normalized spacial score (nSPS) is 15.2. The van der Waals surface area contributed by atoms with Crippen molar-refractivity contribution in [3.63, 3.8) is 0 Å². The highest BCUT2D eigenvalue weighted by Gasteiger charge is 2.33. The van der Waals surface area contributed by atoms with Gasteiger partial charge in [0.05, 0.1) is 18.6 Å². The van der Waals surface area contributed by atoms with Crippen LogP contribution in [0.4, 0.5) is 0 Å². The summed E-state index contributed by atoms with van der Waals surface area (Å²) >= 11 is 3.85. The van der Waals surface area contributed by atoms with Crippen LogP contribution >= 0.6 is 12.6 Å². The minimum atomic E-state index is -1.67. The molecule has 0 heterocycles. The maximum absolute atomic E-state index is 12.7. The summed E-state index contributed by atoms with van der Waals surface area (Å²) in [5.41, 5.74) is 5.99. The van der Waals surface area contributed by atoms with Crippen molar-refractivity contribution in [2.45, 2.75) is 50.0 Å². The Morgan fingerprint density at radius 3 is 1.97 bits per heavy atom. The Morgan fingerprint density at radius 1 is 0.941 bits per heavy atom. The maximum atomic E-state index is 12.7. The summed E-state index contributed by atoms with van der Waals surface area (Å²) in [4.78, 5) is 60.0. The molecule has 9 N–H and O–H groups in total. The van der Waals surface area contributed by atoms with E-state index < -0.39 is 66.4 Å². The molecule has 0 aliphatic heterocycles. The second kappa shape index (κ2) is 13.4. The topological polar surface area (TPSA) is 228 Å². The molecule has 5 unspecified atom stereocenters. The third-order valence-corrected chi connectivity index (χ3v) is 4.99. The summed E-state index contributed by atoms with van der Waals surface area (Å²) in [6, 6.07) is -0.271. The molecule has 34 heavy (non-hydrogen) atoms. The van der Waals surface area contributed by atoms with Gasteiger partial charge in [0.25, 0.3) is 0 Å². The van der Waals surface area contributed by atoms with Crippen molar-refractivity contribution >= 4 is 42.3 Å². The highest BCUT2D eigenvalue weighted by atomic mass is 32.1. The van der Waals surface area contributed by atoms with Crippen LogP contribution in [0.2, 0.25) is 0 Å². The van der Waals surface area contributed by atoms with Crippen LogP contribution in [0.3, 0.4) is 0 Å². The van der Waals surface area contributed by atoms with E-state index in [1.165, 1.54) is 24.3 Å². The van der Waals surface area contributed by atoms with Crippen LogP contribution in [0.25, 0.3) is 0 Å². The van der Waals surface area contributed by atoms with Gasteiger partial charge in [-0.15, -0.1) is 0 Å². The molecule has 0 bridgehead atoms. The van der Waals surface area contributed by atoms with Crippen LogP contribution in [0, 0.1) is 0 Å². The number of nitrogens with two attached hydrogens (primary N) is 1. The molecule has 1 rings (SSSR count). The number of hydrogen-bond acceptors (Lipinski definition) is 9. The lowest BCUT2D eigenvalue weighted by Gasteiger charge is -2.26. The van der Waals surface area contributed by atoms with Crippen LogP contribution in [0.15, 0.2) is 24.3 Å². The zero-order chi connectivity index (χ0) is 26.0. The van der Waals surface area contributed by atoms with Gasteiger partial charge >= 0.3 is 11.9 Å². The van der Waals surface area contributed by atoms with Crippen molar-refractivity contribution in [1.82, 2.24) is 16.0 Å². The van der Waals surface area contributed by atoms with Crippen LogP contribution in [-0.4, -0.2) is 86.1 Å². The molecule has 188 valence electrons. The summed E-state index contributed by atoms with van der Waals surface area (Å²) in [5, 5.41) is 44.3. The van der Waals surface area contributed by atoms with E-state index in [4.69, 9.17) is 10.8 Å². The fourth-order valence-electron chi connectivity index (χ4n) is 2.73. The molecule has 0 aliphatic rings. The molecule has 0 radical (unpaired) electrons. The smallest absolute Gasteiger partial charge is 0.326 e. The lowest BCUT2D eigenvalue weighted by atomic mass is 10.0. The van der Waals surface area contributed by atoms with E-state index >= 15 is 0 Å². The number of phenols is 1. The number of aliphatic carboxylic acids is 2. The van der Waals surface area contributed by atoms with E-state index in [1.807, 2.05) is 0 Å². The van der Waals surface area contributed by atoms with Crippen LogP contribution in [-0.2, 0) is 30.4 Å². The molecular formula is C20H28N4O9S. The minimum absolute atomic E-state index is 0.0325. The molecule has 0 spiro atoms. The van der Waals surface area contributed by atoms with Crippen molar-refractivity contribution in [2.75, 3.05) is 5.75 Å². The van der Waals surface area contributed by atoms with Crippen molar-refractivity contribution in [3.8, 4) is 5.75 Å². The van der Waals surface area contributed by atoms with Gasteiger partial charge in [0.1, 0.15) is 23.9 Å². The number of aliphatic hydroxyl groups excluding tert-OH is 1. The average Bonchev–Trinajstić information content (AvgIpc) is 2.76. The summed E-state index contributed by atoms with van der Waals surface area (Å²) in [7, 11) is 0. The number of benzene rings is 1. The molecule has 0 saturated carbocycles. The number of rotatable bonds is 13. The molecule has 13 nitrogen and oxygen atoms in total. The van der Waals surface area contributed by atoms with E-state index in [-0.39, 0.29) is 17.9 Å². The second-order valence-electron chi connectivity index (χ2n) is 7.44. The first-order chi connectivity index (χ1) is 15.8. The maximum Gasteiger partial charge on any atom is 0.326 e. The monoisotopic (exact) mass is 500 g/mol. The highest BCUT2D eigenvalue weighted by Crippen LogP contribution is 2.12. The average molecular weight is 501 g/mol. The number of aliphatic hydroxyl groups is 1. The standard InChI is InChI=1S/C20H28N4O9S/c1-9(25)16(24-18(30)13(7-15(27)28)22-17(29)12(21)8-34)19(31)23-14(20(32)33)6-10-2-4-11(26)5-3-10/h2-5,9,12-14,16,25-26,34H,6-8,21H2,1H3,(H,22,29)(H,23,31)(H,24,30)(H,27,28)(H,32,33). The first kappa shape index (κ1) is 28.7. The number of hydrogen-bond donors (Lipinski definition) is 9. The van der Waals surface area contributed by atoms with E-state index in [0.29, 0.717) is 5.56 Å². The number of carbonyl (C=O) groups is 5. The lowest BCUT2D eigenvalue weighted by Crippen LogP contribution is -2.60. The Balaban J connectivity index is 2.97. The number of phenolic OH excluding ortho intramolecular Hbond substituents is 1. The van der Waals surface area contributed by atoms with E-state index in [2.05, 4.69) is 28.6 Å². The van der Waals surface area contributed by atoms with Crippen molar-refractivity contribution in [2.24, 2.45) is 5.73 Å². The molecule has 14 heteroatoms. The number of carboxylic acids is 2. The van der Waals surface area contributed by atoms with Gasteiger partial charge in [-0.05, 0) is 24.6 Å². The molecule has 0 fully saturated rings. The second-order valence-corrected chi connectivity index (χ2v) is 7.81. The molecule has 3 amide bonds. The van der Waals surface area contributed by atoms with Crippen LogP contribution in [0.1, 0.15) is 18.9 Å². The summed E-state index contributed by atoms with van der Waals surface area (Å²) in [6.45, 7) is 1.15. The molecular weight excluding hydrogens is 472 g/mol. The predicted octanol–water partition coefficient (Wildman–Crippen LogP) is -2.41. The van der Waals surface area contributed by atoms with Gasteiger partial charge in [0.2, 0.25) is 17.7 Å². The van der Waals surface area contributed by atoms with Gasteiger partial charge in [-0.25, -0.2) is 4.79 Å². The zero-order valence-electron chi connectivity index (χ0n) is 18.2. The number of carbonyl (C=O) groups excluding carboxylic acids is 3. The number of nitrogens with one attached hydrogen (secondary N) is 3. The Morgan fingerprint density at radius 2 is 1.50 bits per heavy atom. The van der Waals surface area contributed by atoms with Gasteiger partial charge < -0.3 is 42.1 Å². The zero-order valence-corrected chi connectivity index (χ0v) is 19.1. The Kier molecular flexibility index (Phi) is 11.3. The number of amides is 3. The molecule has 1 aromatic carbocycles. The van der Waals surface area contributed by atoms with E-state index in [9.17, 15) is 39.3 Å².